The van der Waals surface area contributed by atoms with Crippen molar-refractivity contribution < 1.29 is 18.7 Å². The number of amides is 1. The predicted octanol–water partition coefficient (Wildman–Crippen LogP) is 0.311. The van der Waals surface area contributed by atoms with Crippen LogP contribution in [0.2, 0.25) is 0 Å². The molecule has 0 saturated heterocycles. The molecule has 0 aliphatic heterocycles. The van der Waals surface area contributed by atoms with E-state index in [4.69, 9.17) is 5.73 Å². The molecule has 0 aliphatic rings. The molecule has 5 nitrogen and oxygen atoms in total. The normalized spacial score (nSPS) is 9.62. The molecule has 0 aliphatic carbocycles. The molecule has 86 valence electrons. The lowest BCUT2D eigenvalue weighted by Crippen LogP contribution is -2.30. The molecule has 0 heterocycles. The summed E-state index contributed by atoms with van der Waals surface area (Å²) in [7, 11) is 1.21. The molecule has 1 aromatic rings. The minimum absolute atomic E-state index is 0.0161. The molecule has 0 bridgehead atoms. The molecule has 6 heteroatoms. The lowest BCUT2D eigenvalue weighted by atomic mass is 10.1. The summed E-state index contributed by atoms with van der Waals surface area (Å²) in [5.41, 5.74) is 5.58. The fraction of sp³-hybridized carbons (Fsp3) is 0.200. The lowest BCUT2D eigenvalue weighted by molar-refractivity contribution is -0.139. The maximum Gasteiger partial charge on any atom is 0.325 e. The van der Waals surface area contributed by atoms with E-state index in [-0.39, 0.29) is 17.8 Å². The van der Waals surface area contributed by atoms with Gasteiger partial charge in [0.15, 0.2) is 0 Å². The van der Waals surface area contributed by atoms with Gasteiger partial charge >= 0.3 is 5.97 Å². The fourth-order valence-corrected chi connectivity index (χ4v) is 1.06. The zero-order valence-electron chi connectivity index (χ0n) is 8.62. The Morgan fingerprint density at radius 2 is 2.19 bits per heavy atom. The van der Waals surface area contributed by atoms with Crippen LogP contribution in [-0.4, -0.2) is 25.5 Å². The second-order valence-electron chi connectivity index (χ2n) is 2.99. The molecule has 1 rings (SSSR count). The largest absolute Gasteiger partial charge is 0.468 e. The average molecular weight is 226 g/mol. The molecule has 16 heavy (non-hydrogen) atoms. The SMILES string of the molecule is COC(=O)CNC(=O)c1ccc(F)cc1N. The van der Waals surface area contributed by atoms with Crippen LogP contribution in [0, 0.1) is 5.82 Å². The molecule has 0 spiro atoms. The third-order valence-electron chi connectivity index (χ3n) is 1.88. The van der Waals surface area contributed by atoms with Crippen molar-refractivity contribution in [2.24, 2.45) is 0 Å². The molecule has 1 aromatic carbocycles. The zero-order chi connectivity index (χ0) is 12.1. The fourth-order valence-electron chi connectivity index (χ4n) is 1.06. The topological polar surface area (TPSA) is 81.4 Å². The van der Waals surface area contributed by atoms with E-state index in [9.17, 15) is 14.0 Å². The van der Waals surface area contributed by atoms with E-state index in [1.807, 2.05) is 0 Å². The average Bonchev–Trinajstić information content (AvgIpc) is 2.25. The number of hydrogen-bond acceptors (Lipinski definition) is 4. The number of nitrogen functional groups attached to an aromatic ring is 1. The number of nitrogens with one attached hydrogen (secondary N) is 1. The molecule has 1 amide bonds. The van der Waals surface area contributed by atoms with Crippen LogP contribution in [0.15, 0.2) is 18.2 Å². The zero-order valence-corrected chi connectivity index (χ0v) is 8.62. The van der Waals surface area contributed by atoms with Crippen LogP contribution in [-0.2, 0) is 9.53 Å². The second-order valence-corrected chi connectivity index (χ2v) is 2.99. The van der Waals surface area contributed by atoms with Gasteiger partial charge < -0.3 is 15.8 Å². The minimum atomic E-state index is -0.575. The minimum Gasteiger partial charge on any atom is -0.468 e. The van der Waals surface area contributed by atoms with E-state index in [0.717, 1.165) is 12.1 Å². The Hall–Kier alpha value is -2.11. The monoisotopic (exact) mass is 226 g/mol. The summed E-state index contributed by atoms with van der Waals surface area (Å²) in [6.45, 7) is -0.258. The van der Waals surface area contributed by atoms with Crippen LogP contribution in [0.5, 0.6) is 0 Å². The highest BCUT2D eigenvalue weighted by atomic mass is 19.1. The van der Waals surface area contributed by atoms with Crippen LogP contribution < -0.4 is 11.1 Å². The Morgan fingerprint density at radius 1 is 1.50 bits per heavy atom. The number of carbonyl (C=O) groups excluding carboxylic acids is 2. The van der Waals surface area contributed by atoms with Gasteiger partial charge in [-0.25, -0.2) is 4.39 Å². The summed E-state index contributed by atoms with van der Waals surface area (Å²) in [4.78, 5) is 22.2. The number of rotatable bonds is 3. The highest BCUT2D eigenvalue weighted by molar-refractivity contribution is 6.00. The first-order valence-electron chi connectivity index (χ1n) is 4.44. The molecule has 3 N–H and O–H groups in total. The van der Waals surface area contributed by atoms with Gasteiger partial charge in [0, 0.05) is 5.69 Å². The Bertz CT molecular complexity index is 421. The number of hydrogen-bond donors (Lipinski definition) is 2. The van der Waals surface area contributed by atoms with Crippen LogP contribution in [0.3, 0.4) is 0 Å². The number of nitrogens with two attached hydrogens (primary N) is 1. The first kappa shape index (κ1) is 12.0. The maximum absolute atomic E-state index is 12.7. The van der Waals surface area contributed by atoms with E-state index in [0.29, 0.717) is 0 Å². The number of halogens is 1. The van der Waals surface area contributed by atoms with Crippen molar-refractivity contribution in [3.63, 3.8) is 0 Å². The number of anilines is 1. The lowest BCUT2D eigenvalue weighted by Gasteiger charge is -2.06. The molecule has 0 atom stereocenters. The third-order valence-corrected chi connectivity index (χ3v) is 1.88. The maximum atomic E-state index is 12.7. The van der Waals surface area contributed by atoms with Gasteiger partial charge in [-0.3, -0.25) is 9.59 Å². The van der Waals surface area contributed by atoms with Gasteiger partial charge in [-0.2, -0.15) is 0 Å². The Balaban J connectivity index is 2.70. The van der Waals surface area contributed by atoms with Crippen molar-refractivity contribution >= 4 is 17.6 Å². The summed E-state index contributed by atoms with van der Waals surface area (Å²) in [6.07, 6.45) is 0. The number of ether oxygens (including phenoxy) is 1. The molecule has 0 radical (unpaired) electrons. The van der Waals surface area contributed by atoms with Gasteiger partial charge in [-0.1, -0.05) is 0 Å². The second kappa shape index (κ2) is 5.11. The van der Waals surface area contributed by atoms with Gasteiger partial charge in [-0.15, -0.1) is 0 Å². The Morgan fingerprint density at radius 3 is 2.75 bits per heavy atom. The van der Waals surface area contributed by atoms with E-state index in [1.165, 1.54) is 13.2 Å². The summed E-state index contributed by atoms with van der Waals surface area (Å²) < 4.78 is 17.0. The van der Waals surface area contributed by atoms with Crippen LogP contribution in [0.4, 0.5) is 10.1 Å². The number of esters is 1. The predicted molar refractivity (Wildman–Crippen MR) is 55.2 cm³/mol. The van der Waals surface area contributed by atoms with E-state index in [2.05, 4.69) is 10.1 Å². The summed E-state index contributed by atoms with van der Waals surface area (Å²) in [5, 5.41) is 2.29. The summed E-state index contributed by atoms with van der Waals surface area (Å²) in [5.74, 6) is -1.65. The van der Waals surface area contributed by atoms with Crippen molar-refractivity contribution in [1.82, 2.24) is 5.32 Å². The number of methoxy groups -OCH3 is 1. The standard InChI is InChI=1S/C10H11FN2O3/c1-16-9(14)5-13-10(15)7-3-2-6(11)4-8(7)12/h2-4H,5,12H2,1H3,(H,13,15). The van der Waals surface area contributed by atoms with Crippen molar-refractivity contribution in [3.8, 4) is 0 Å². The van der Waals surface area contributed by atoms with Gasteiger partial charge in [-0.05, 0) is 18.2 Å². The number of benzene rings is 1. The quantitative estimate of drug-likeness (QED) is 0.574. The molecule has 0 aromatic heterocycles. The molecule has 0 fully saturated rings. The van der Waals surface area contributed by atoms with Crippen molar-refractivity contribution in [3.05, 3.63) is 29.6 Å². The van der Waals surface area contributed by atoms with Gasteiger partial charge in [0.2, 0.25) is 0 Å². The Kier molecular flexibility index (Phi) is 3.82. The molecule has 0 saturated carbocycles. The van der Waals surface area contributed by atoms with Crippen molar-refractivity contribution in [2.75, 3.05) is 19.4 Å². The Labute approximate surface area is 91.4 Å². The van der Waals surface area contributed by atoms with Crippen molar-refractivity contribution in [1.29, 1.82) is 0 Å². The summed E-state index contributed by atoms with van der Waals surface area (Å²) >= 11 is 0. The molecule has 0 unspecified atom stereocenters. The van der Waals surface area contributed by atoms with E-state index >= 15 is 0 Å². The van der Waals surface area contributed by atoms with Gasteiger partial charge in [0.1, 0.15) is 12.4 Å². The summed E-state index contributed by atoms with van der Waals surface area (Å²) in [6, 6.07) is 3.40. The van der Waals surface area contributed by atoms with Gasteiger partial charge in [0.05, 0.1) is 12.7 Å². The first-order chi connectivity index (χ1) is 7.54. The van der Waals surface area contributed by atoms with Crippen molar-refractivity contribution in [2.45, 2.75) is 0 Å². The van der Waals surface area contributed by atoms with Gasteiger partial charge in [0.25, 0.3) is 5.91 Å². The number of carbonyl (C=O) groups is 2. The van der Waals surface area contributed by atoms with Crippen LogP contribution in [0.1, 0.15) is 10.4 Å². The first-order valence-corrected chi connectivity index (χ1v) is 4.44. The smallest absolute Gasteiger partial charge is 0.325 e. The van der Waals surface area contributed by atoms with E-state index < -0.39 is 17.7 Å². The molecular weight excluding hydrogens is 215 g/mol. The highest BCUT2D eigenvalue weighted by Crippen LogP contribution is 2.12. The van der Waals surface area contributed by atoms with Crippen LogP contribution in [0.25, 0.3) is 0 Å². The third kappa shape index (κ3) is 2.94. The highest BCUT2D eigenvalue weighted by Gasteiger charge is 2.11. The van der Waals surface area contributed by atoms with E-state index in [1.54, 1.807) is 0 Å². The molecular formula is C10H11FN2O3. The van der Waals surface area contributed by atoms with Crippen LogP contribution >= 0.6 is 0 Å².